The molecule has 0 aromatic heterocycles. The molecule has 0 aliphatic carbocycles. The number of anilines is 2. The molecule has 0 fully saturated rings. The summed E-state index contributed by atoms with van der Waals surface area (Å²) in [6.45, 7) is 1.71. The second kappa shape index (κ2) is 11.8. The van der Waals surface area contributed by atoms with Gasteiger partial charge < -0.3 is 15.4 Å². The summed E-state index contributed by atoms with van der Waals surface area (Å²) in [5, 5.41) is 9.64. The van der Waals surface area contributed by atoms with Crippen molar-refractivity contribution in [2.24, 2.45) is 5.10 Å². The molecule has 3 amide bonds. The zero-order valence-electron chi connectivity index (χ0n) is 18.0. The molecule has 0 saturated heterocycles. The van der Waals surface area contributed by atoms with E-state index in [4.69, 9.17) is 27.9 Å². The molecule has 174 valence electrons. The van der Waals surface area contributed by atoms with Crippen molar-refractivity contribution in [3.05, 3.63) is 87.9 Å². The van der Waals surface area contributed by atoms with Crippen molar-refractivity contribution in [1.29, 1.82) is 0 Å². The van der Waals surface area contributed by atoms with E-state index >= 15 is 0 Å². The quantitative estimate of drug-likeness (QED) is 0.254. The highest BCUT2D eigenvalue weighted by molar-refractivity contribution is 6.42. The van der Waals surface area contributed by atoms with Crippen LogP contribution in [0, 0.1) is 6.92 Å². The predicted molar refractivity (Wildman–Crippen MR) is 133 cm³/mol. The summed E-state index contributed by atoms with van der Waals surface area (Å²) in [5.74, 6) is -1.63. The van der Waals surface area contributed by atoms with Gasteiger partial charge in [-0.1, -0.05) is 40.9 Å². The molecule has 8 nitrogen and oxygen atoms in total. The number of hydrogen-bond acceptors (Lipinski definition) is 5. The van der Waals surface area contributed by atoms with E-state index in [0.29, 0.717) is 32.7 Å². The number of hydrogen-bond donors (Lipinski definition) is 3. The minimum Gasteiger partial charge on any atom is -0.484 e. The average molecular weight is 499 g/mol. The van der Waals surface area contributed by atoms with Crippen molar-refractivity contribution >= 4 is 58.5 Å². The number of carbonyl (C=O) groups excluding carboxylic acids is 3. The summed E-state index contributed by atoms with van der Waals surface area (Å²) in [6, 6.07) is 18.4. The number of aryl methyl sites for hydroxylation is 1. The summed E-state index contributed by atoms with van der Waals surface area (Å²) in [7, 11) is 0. The first-order valence-corrected chi connectivity index (χ1v) is 10.7. The first-order chi connectivity index (χ1) is 16.3. The molecule has 0 unspecified atom stereocenters. The number of halogens is 2. The lowest BCUT2D eigenvalue weighted by atomic mass is 10.2. The average Bonchev–Trinajstić information content (AvgIpc) is 2.82. The lowest BCUT2D eigenvalue weighted by Crippen LogP contribution is -2.32. The lowest BCUT2D eigenvalue weighted by Gasteiger charge is -2.08. The Bertz CT molecular complexity index is 1210. The Balaban J connectivity index is 1.43. The number of hydrazone groups is 1. The van der Waals surface area contributed by atoms with Crippen molar-refractivity contribution in [2.75, 3.05) is 17.2 Å². The van der Waals surface area contributed by atoms with Gasteiger partial charge in [0.2, 0.25) is 0 Å². The fraction of sp³-hybridized carbons (Fsp3) is 0.0833. The van der Waals surface area contributed by atoms with Crippen LogP contribution in [0.2, 0.25) is 10.0 Å². The van der Waals surface area contributed by atoms with Crippen LogP contribution in [-0.4, -0.2) is 30.5 Å². The lowest BCUT2D eigenvalue weighted by molar-refractivity contribution is -0.136. The van der Waals surface area contributed by atoms with Crippen molar-refractivity contribution in [1.82, 2.24) is 5.43 Å². The normalized spacial score (nSPS) is 10.6. The van der Waals surface area contributed by atoms with Crippen LogP contribution in [-0.2, 0) is 14.4 Å². The molecule has 0 aliphatic heterocycles. The van der Waals surface area contributed by atoms with E-state index in [2.05, 4.69) is 21.2 Å². The zero-order chi connectivity index (χ0) is 24.5. The third-order valence-electron chi connectivity index (χ3n) is 4.35. The van der Waals surface area contributed by atoms with Gasteiger partial charge in [-0.15, -0.1) is 0 Å². The van der Waals surface area contributed by atoms with Crippen molar-refractivity contribution < 1.29 is 19.1 Å². The van der Waals surface area contributed by atoms with Crippen LogP contribution in [0.3, 0.4) is 0 Å². The van der Waals surface area contributed by atoms with Crippen molar-refractivity contribution in [2.45, 2.75) is 6.92 Å². The summed E-state index contributed by atoms with van der Waals surface area (Å²) < 4.78 is 5.45. The van der Waals surface area contributed by atoms with Crippen LogP contribution in [0.4, 0.5) is 11.4 Å². The monoisotopic (exact) mass is 498 g/mol. The maximum atomic E-state index is 12.0. The van der Waals surface area contributed by atoms with Gasteiger partial charge in [0.05, 0.1) is 16.3 Å². The molecule has 3 aromatic carbocycles. The molecule has 0 bridgehead atoms. The number of rotatable bonds is 7. The Morgan fingerprint density at radius 1 is 0.853 bits per heavy atom. The Kier molecular flexibility index (Phi) is 8.61. The maximum absolute atomic E-state index is 12.0. The molecule has 0 aliphatic rings. The molecular weight excluding hydrogens is 479 g/mol. The number of amides is 3. The van der Waals surface area contributed by atoms with Crippen LogP contribution in [0.1, 0.15) is 11.1 Å². The first kappa shape index (κ1) is 24.8. The standard InChI is InChI=1S/C24H20Cl2N4O4/c1-15-2-6-17(7-3-15)29-23(32)24(33)30-27-13-16-4-9-19(10-5-16)34-14-22(31)28-18-8-11-20(25)21(26)12-18/h2-13H,14H2,1H3,(H,28,31)(H,29,32)(H,30,33)/b27-13-. The summed E-state index contributed by atoms with van der Waals surface area (Å²) in [4.78, 5) is 35.8. The van der Waals surface area contributed by atoms with Gasteiger partial charge in [0, 0.05) is 11.4 Å². The van der Waals surface area contributed by atoms with Crippen LogP contribution < -0.4 is 20.8 Å². The Morgan fingerprint density at radius 2 is 1.53 bits per heavy atom. The van der Waals surface area contributed by atoms with Gasteiger partial charge in [-0.05, 0) is 67.1 Å². The van der Waals surface area contributed by atoms with Gasteiger partial charge in [0.1, 0.15) is 5.75 Å². The largest absolute Gasteiger partial charge is 0.484 e. The molecule has 3 N–H and O–H groups in total. The smallest absolute Gasteiger partial charge is 0.329 e. The fourth-order valence-corrected chi connectivity index (χ4v) is 2.91. The minimum atomic E-state index is -0.898. The van der Waals surface area contributed by atoms with E-state index in [1.807, 2.05) is 19.1 Å². The van der Waals surface area contributed by atoms with E-state index in [1.54, 1.807) is 54.6 Å². The van der Waals surface area contributed by atoms with Gasteiger partial charge in [-0.2, -0.15) is 5.10 Å². The molecule has 10 heteroatoms. The van der Waals surface area contributed by atoms with E-state index in [0.717, 1.165) is 5.56 Å². The van der Waals surface area contributed by atoms with Gasteiger partial charge in [0.15, 0.2) is 6.61 Å². The van der Waals surface area contributed by atoms with Crippen molar-refractivity contribution in [3.8, 4) is 5.75 Å². The highest BCUT2D eigenvalue weighted by Gasteiger charge is 2.12. The minimum absolute atomic E-state index is 0.208. The number of carbonyl (C=O) groups is 3. The third-order valence-corrected chi connectivity index (χ3v) is 5.09. The van der Waals surface area contributed by atoms with E-state index in [-0.39, 0.29) is 12.5 Å². The molecule has 0 saturated carbocycles. The highest BCUT2D eigenvalue weighted by atomic mass is 35.5. The third kappa shape index (κ3) is 7.61. The Labute approximate surface area is 205 Å². The van der Waals surface area contributed by atoms with Gasteiger partial charge in [-0.3, -0.25) is 14.4 Å². The summed E-state index contributed by atoms with van der Waals surface area (Å²) in [5.41, 5.74) is 4.86. The Hall–Kier alpha value is -3.88. The topological polar surface area (TPSA) is 109 Å². The van der Waals surface area contributed by atoms with Crippen LogP contribution in [0.5, 0.6) is 5.75 Å². The summed E-state index contributed by atoms with van der Waals surface area (Å²) in [6.07, 6.45) is 1.37. The molecule has 3 aromatic rings. The fourth-order valence-electron chi connectivity index (χ4n) is 2.61. The maximum Gasteiger partial charge on any atom is 0.329 e. The number of nitrogens with zero attached hydrogens (tertiary/aromatic N) is 1. The van der Waals surface area contributed by atoms with E-state index in [1.165, 1.54) is 6.21 Å². The second-order valence-corrected chi connectivity index (χ2v) is 7.87. The molecule has 0 radical (unpaired) electrons. The number of ether oxygens (including phenoxy) is 1. The van der Waals surface area contributed by atoms with Gasteiger partial charge in [-0.25, -0.2) is 5.43 Å². The zero-order valence-corrected chi connectivity index (χ0v) is 19.5. The van der Waals surface area contributed by atoms with E-state index < -0.39 is 11.8 Å². The predicted octanol–water partition coefficient (Wildman–Crippen LogP) is 4.41. The SMILES string of the molecule is Cc1ccc(NC(=O)C(=O)N/N=C\c2ccc(OCC(=O)Nc3ccc(Cl)c(Cl)c3)cc2)cc1. The van der Waals surface area contributed by atoms with Crippen LogP contribution in [0.25, 0.3) is 0 Å². The van der Waals surface area contributed by atoms with E-state index in [9.17, 15) is 14.4 Å². The molecule has 34 heavy (non-hydrogen) atoms. The van der Waals surface area contributed by atoms with Crippen LogP contribution in [0.15, 0.2) is 71.8 Å². The second-order valence-electron chi connectivity index (χ2n) is 7.05. The van der Waals surface area contributed by atoms with Crippen LogP contribution >= 0.6 is 23.2 Å². The first-order valence-electron chi connectivity index (χ1n) is 9.99. The summed E-state index contributed by atoms with van der Waals surface area (Å²) >= 11 is 11.8. The molecule has 0 heterocycles. The highest BCUT2D eigenvalue weighted by Crippen LogP contribution is 2.25. The molecule has 3 rings (SSSR count). The number of benzene rings is 3. The van der Waals surface area contributed by atoms with Gasteiger partial charge in [0.25, 0.3) is 5.91 Å². The molecule has 0 spiro atoms. The van der Waals surface area contributed by atoms with Gasteiger partial charge >= 0.3 is 11.8 Å². The van der Waals surface area contributed by atoms with Crippen molar-refractivity contribution in [3.63, 3.8) is 0 Å². The molecule has 0 atom stereocenters. The number of nitrogens with one attached hydrogen (secondary N) is 3. The Morgan fingerprint density at radius 3 is 2.21 bits per heavy atom. The molecular formula is C24H20Cl2N4O4.